The molecule has 1 atom stereocenters. The smallest absolute Gasteiger partial charge is 0.193 e. The van der Waals surface area contributed by atoms with Crippen molar-refractivity contribution in [3.63, 3.8) is 0 Å². The van der Waals surface area contributed by atoms with Crippen LogP contribution in [0.3, 0.4) is 0 Å². The van der Waals surface area contributed by atoms with E-state index >= 15 is 0 Å². The Bertz CT molecular complexity index is 719. The van der Waals surface area contributed by atoms with Crippen molar-refractivity contribution in [3.8, 4) is 11.1 Å². The lowest BCUT2D eigenvalue weighted by Crippen LogP contribution is -2.38. The zero-order chi connectivity index (χ0) is 14.9. The SMILES string of the molecule is O=S(=O)(c1scc(-c2ccccc2)c1Cl)C1CCCNC1. The van der Waals surface area contributed by atoms with Gasteiger partial charge >= 0.3 is 0 Å². The van der Waals surface area contributed by atoms with Crippen LogP contribution in [0.25, 0.3) is 11.1 Å². The predicted molar refractivity (Wildman–Crippen MR) is 87.8 cm³/mol. The van der Waals surface area contributed by atoms with E-state index in [-0.39, 0.29) is 5.25 Å². The summed E-state index contributed by atoms with van der Waals surface area (Å²) < 4.78 is 25.8. The van der Waals surface area contributed by atoms with Crippen LogP contribution in [-0.2, 0) is 9.84 Å². The fourth-order valence-corrected chi connectivity index (χ4v) is 6.51. The van der Waals surface area contributed by atoms with Gasteiger partial charge in [0.1, 0.15) is 4.21 Å². The molecular weight excluding hydrogens is 326 g/mol. The summed E-state index contributed by atoms with van der Waals surface area (Å²) in [5, 5.41) is 4.97. The third-order valence-corrected chi connectivity index (χ3v) is 8.11. The topological polar surface area (TPSA) is 46.2 Å². The first-order valence-electron chi connectivity index (χ1n) is 6.87. The first kappa shape index (κ1) is 15.0. The summed E-state index contributed by atoms with van der Waals surface area (Å²) in [6.45, 7) is 1.40. The average Bonchev–Trinajstić information content (AvgIpc) is 2.91. The Morgan fingerprint density at radius 3 is 2.67 bits per heavy atom. The minimum absolute atomic E-state index is 0.303. The van der Waals surface area contributed by atoms with Gasteiger partial charge in [0, 0.05) is 17.5 Å². The number of hydrogen-bond acceptors (Lipinski definition) is 4. The summed E-state index contributed by atoms with van der Waals surface area (Å²) >= 11 is 7.60. The molecule has 1 aromatic heterocycles. The third-order valence-electron chi connectivity index (χ3n) is 3.73. The normalized spacial score (nSPS) is 19.6. The molecule has 2 heterocycles. The van der Waals surface area contributed by atoms with E-state index in [1.54, 1.807) is 0 Å². The summed E-state index contributed by atoms with van der Waals surface area (Å²) in [6.07, 6.45) is 1.59. The van der Waals surface area contributed by atoms with Gasteiger partial charge in [0.05, 0.1) is 10.3 Å². The molecule has 1 saturated heterocycles. The number of hydrogen-bond donors (Lipinski definition) is 1. The Hall–Kier alpha value is -0.880. The van der Waals surface area contributed by atoms with Crippen LogP contribution in [0.2, 0.25) is 5.02 Å². The first-order chi connectivity index (χ1) is 10.1. The highest BCUT2D eigenvalue weighted by Gasteiger charge is 2.32. The predicted octanol–water partition coefficient (Wildman–Crippen LogP) is 3.59. The van der Waals surface area contributed by atoms with Gasteiger partial charge in [-0.3, -0.25) is 0 Å². The monoisotopic (exact) mass is 341 g/mol. The van der Waals surface area contributed by atoms with Gasteiger partial charge in [0.15, 0.2) is 9.84 Å². The van der Waals surface area contributed by atoms with Crippen molar-refractivity contribution in [1.29, 1.82) is 0 Å². The molecule has 0 bridgehead atoms. The third kappa shape index (κ3) is 2.88. The molecule has 3 rings (SSSR count). The van der Waals surface area contributed by atoms with Crippen LogP contribution >= 0.6 is 22.9 Å². The van der Waals surface area contributed by atoms with Gasteiger partial charge in [-0.2, -0.15) is 0 Å². The van der Waals surface area contributed by atoms with Crippen molar-refractivity contribution in [1.82, 2.24) is 5.32 Å². The molecule has 1 fully saturated rings. The maximum atomic E-state index is 12.7. The average molecular weight is 342 g/mol. The molecule has 0 saturated carbocycles. The van der Waals surface area contributed by atoms with Crippen LogP contribution in [0.15, 0.2) is 39.9 Å². The fraction of sp³-hybridized carbons (Fsp3) is 0.333. The molecule has 0 amide bonds. The molecule has 1 aliphatic rings. The Balaban J connectivity index is 1.98. The summed E-state index contributed by atoms with van der Waals surface area (Å²) in [4.78, 5) is 0. The molecular formula is C15H16ClNO2S2. The van der Waals surface area contributed by atoms with Crippen molar-refractivity contribution < 1.29 is 8.42 Å². The van der Waals surface area contributed by atoms with Gasteiger partial charge in [-0.15, -0.1) is 11.3 Å². The molecule has 6 heteroatoms. The number of thiophene rings is 1. The highest BCUT2D eigenvalue weighted by atomic mass is 35.5. The van der Waals surface area contributed by atoms with Crippen molar-refractivity contribution in [2.75, 3.05) is 13.1 Å². The molecule has 112 valence electrons. The maximum absolute atomic E-state index is 12.7. The quantitative estimate of drug-likeness (QED) is 0.927. The zero-order valence-corrected chi connectivity index (χ0v) is 13.8. The molecule has 0 aliphatic carbocycles. The van der Waals surface area contributed by atoms with Crippen LogP contribution < -0.4 is 5.32 Å². The number of halogens is 1. The Morgan fingerprint density at radius 2 is 2.00 bits per heavy atom. The number of benzene rings is 1. The minimum Gasteiger partial charge on any atom is -0.315 e. The van der Waals surface area contributed by atoms with E-state index in [2.05, 4.69) is 5.32 Å². The Labute approximate surface area is 133 Å². The Kier molecular flexibility index (Phi) is 4.36. The lowest BCUT2D eigenvalue weighted by molar-refractivity contribution is 0.498. The molecule has 1 aromatic carbocycles. The van der Waals surface area contributed by atoms with Crippen molar-refractivity contribution in [2.45, 2.75) is 22.3 Å². The molecule has 3 nitrogen and oxygen atoms in total. The summed E-state index contributed by atoms with van der Waals surface area (Å²) in [6, 6.07) is 9.64. The van der Waals surface area contributed by atoms with Crippen LogP contribution in [0.1, 0.15) is 12.8 Å². The van der Waals surface area contributed by atoms with E-state index in [0.717, 1.165) is 24.1 Å². The lowest BCUT2D eigenvalue weighted by Gasteiger charge is -2.22. The van der Waals surface area contributed by atoms with Crippen LogP contribution in [0.5, 0.6) is 0 Å². The minimum atomic E-state index is -3.36. The number of rotatable bonds is 3. The van der Waals surface area contributed by atoms with Crippen molar-refractivity contribution in [2.24, 2.45) is 0 Å². The van der Waals surface area contributed by atoms with Crippen LogP contribution in [0.4, 0.5) is 0 Å². The lowest BCUT2D eigenvalue weighted by atomic mass is 10.1. The van der Waals surface area contributed by atoms with Crippen molar-refractivity contribution in [3.05, 3.63) is 40.7 Å². The molecule has 21 heavy (non-hydrogen) atoms. The first-order valence-corrected chi connectivity index (χ1v) is 9.68. The van der Waals surface area contributed by atoms with Gasteiger partial charge in [-0.25, -0.2) is 8.42 Å². The second-order valence-corrected chi connectivity index (χ2v) is 8.81. The van der Waals surface area contributed by atoms with Crippen LogP contribution in [-0.4, -0.2) is 26.8 Å². The van der Waals surface area contributed by atoms with E-state index in [0.29, 0.717) is 22.2 Å². The van der Waals surface area contributed by atoms with E-state index in [9.17, 15) is 8.42 Å². The summed E-state index contributed by atoms with van der Waals surface area (Å²) in [5.74, 6) is 0. The summed E-state index contributed by atoms with van der Waals surface area (Å²) in [5.41, 5.74) is 1.74. The highest BCUT2D eigenvalue weighted by molar-refractivity contribution is 7.94. The van der Waals surface area contributed by atoms with E-state index < -0.39 is 9.84 Å². The molecule has 2 aromatic rings. The van der Waals surface area contributed by atoms with Gasteiger partial charge < -0.3 is 5.32 Å². The van der Waals surface area contributed by atoms with Gasteiger partial charge in [0.25, 0.3) is 0 Å². The molecule has 0 radical (unpaired) electrons. The fourth-order valence-electron chi connectivity index (χ4n) is 2.57. The molecule has 1 N–H and O–H groups in total. The van der Waals surface area contributed by atoms with Gasteiger partial charge in [-0.05, 0) is 24.9 Å². The van der Waals surface area contributed by atoms with Gasteiger partial charge in [-0.1, -0.05) is 41.9 Å². The highest BCUT2D eigenvalue weighted by Crippen LogP contribution is 2.40. The standard InChI is InChI=1S/C15H16ClNO2S2/c16-14-13(11-5-2-1-3-6-11)10-20-15(14)21(18,19)12-7-4-8-17-9-12/h1-3,5-6,10,12,17H,4,7-9H2. The number of nitrogens with one attached hydrogen (secondary N) is 1. The van der Waals surface area contributed by atoms with E-state index in [1.165, 1.54) is 11.3 Å². The van der Waals surface area contributed by atoms with E-state index in [1.807, 2.05) is 35.7 Å². The largest absolute Gasteiger partial charge is 0.315 e. The summed E-state index contributed by atoms with van der Waals surface area (Å²) in [7, 11) is -3.36. The van der Waals surface area contributed by atoms with Crippen molar-refractivity contribution >= 4 is 32.8 Å². The van der Waals surface area contributed by atoms with E-state index in [4.69, 9.17) is 11.6 Å². The number of sulfone groups is 1. The van der Waals surface area contributed by atoms with Crippen LogP contribution in [0, 0.1) is 0 Å². The Morgan fingerprint density at radius 1 is 1.24 bits per heavy atom. The maximum Gasteiger partial charge on any atom is 0.193 e. The molecule has 1 aliphatic heterocycles. The second-order valence-electron chi connectivity index (χ2n) is 5.13. The van der Waals surface area contributed by atoms with Gasteiger partial charge in [0.2, 0.25) is 0 Å². The second kappa shape index (κ2) is 6.08. The number of piperidine rings is 1. The molecule has 1 unspecified atom stereocenters. The molecule has 0 spiro atoms. The zero-order valence-electron chi connectivity index (χ0n) is 11.4.